The first-order valence-corrected chi connectivity index (χ1v) is 10.2. The summed E-state index contributed by atoms with van der Waals surface area (Å²) < 4.78 is 0. The van der Waals surface area contributed by atoms with E-state index in [1.165, 1.54) is 11.6 Å². The standard InChI is InChI=1S/C22H26N4O3/c27-22(17-25(19-10-11-19)16-18-6-2-1-3-7-18)24-14-12-23(13-15-24)20-8-4-5-9-21(20)26(28)29/h1-9,19H,10-17H2. The van der Waals surface area contributed by atoms with Crippen LogP contribution in [0.5, 0.6) is 0 Å². The van der Waals surface area contributed by atoms with Gasteiger partial charge in [0.1, 0.15) is 5.69 Å². The van der Waals surface area contributed by atoms with E-state index in [2.05, 4.69) is 17.0 Å². The average Bonchev–Trinajstić information content (AvgIpc) is 3.59. The summed E-state index contributed by atoms with van der Waals surface area (Å²) in [5, 5.41) is 11.3. The van der Waals surface area contributed by atoms with Crippen molar-refractivity contribution in [2.45, 2.75) is 25.4 Å². The van der Waals surface area contributed by atoms with E-state index >= 15 is 0 Å². The predicted octanol–water partition coefficient (Wildman–Crippen LogP) is 2.91. The van der Waals surface area contributed by atoms with Crippen molar-refractivity contribution < 1.29 is 9.72 Å². The molecule has 0 radical (unpaired) electrons. The van der Waals surface area contributed by atoms with Crippen LogP contribution in [0.1, 0.15) is 18.4 Å². The second-order valence-corrected chi connectivity index (χ2v) is 7.74. The lowest BCUT2D eigenvalue weighted by atomic mass is 10.2. The fraction of sp³-hybridized carbons (Fsp3) is 0.409. The van der Waals surface area contributed by atoms with E-state index in [-0.39, 0.29) is 16.5 Å². The SMILES string of the molecule is O=C(CN(Cc1ccccc1)C1CC1)N1CCN(c2ccccc2[N+](=O)[O-])CC1. The number of para-hydroxylation sites is 2. The minimum absolute atomic E-state index is 0.120. The summed E-state index contributed by atoms with van der Waals surface area (Å²) in [6.45, 7) is 3.64. The fourth-order valence-corrected chi connectivity index (χ4v) is 3.93. The molecule has 1 aliphatic carbocycles. The van der Waals surface area contributed by atoms with Gasteiger partial charge in [0.15, 0.2) is 0 Å². The molecule has 4 rings (SSSR count). The number of piperazine rings is 1. The quantitative estimate of drug-likeness (QED) is 0.533. The lowest BCUT2D eigenvalue weighted by molar-refractivity contribution is -0.384. The number of rotatable bonds is 7. The van der Waals surface area contributed by atoms with E-state index in [1.54, 1.807) is 12.1 Å². The molecule has 0 aromatic heterocycles. The first-order valence-electron chi connectivity index (χ1n) is 10.2. The zero-order valence-electron chi connectivity index (χ0n) is 16.4. The summed E-state index contributed by atoms with van der Waals surface area (Å²) in [7, 11) is 0. The summed E-state index contributed by atoms with van der Waals surface area (Å²) in [5.41, 5.74) is 1.98. The Morgan fingerprint density at radius 3 is 2.31 bits per heavy atom. The molecule has 2 aromatic rings. The van der Waals surface area contributed by atoms with Crippen LogP contribution in [0.15, 0.2) is 54.6 Å². The van der Waals surface area contributed by atoms with Crippen molar-refractivity contribution in [3.63, 3.8) is 0 Å². The predicted molar refractivity (Wildman–Crippen MR) is 112 cm³/mol. The molecule has 1 saturated heterocycles. The third kappa shape index (κ3) is 4.74. The van der Waals surface area contributed by atoms with Crippen LogP contribution in [0.25, 0.3) is 0 Å². The van der Waals surface area contributed by atoms with Gasteiger partial charge in [-0.3, -0.25) is 19.8 Å². The maximum Gasteiger partial charge on any atom is 0.292 e. The average molecular weight is 394 g/mol. The van der Waals surface area contributed by atoms with E-state index in [9.17, 15) is 14.9 Å². The highest BCUT2D eigenvalue weighted by Crippen LogP contribution is 2.30. The van der Waals surface area contributed by atoms with Crippen LogP contribution in [0.2, 0.25) is 0 Å². The molecule has 7 nitrogen and oxygen atoms in total. The van der Waals surface area contributed by atoms with Gasteiger partial charge in [-0.15, -0.1) is 0 Å². The fourth-order valence-electron chi connectivity index (χ4n) is 3.93. The zero-order valence-corrected chi connectivity index (χ0v) is 16.4. The maximum atomic E-state index is 12.9. The molecule has 29 heavy (non-hydrogen) atoms. The van der Waals surface area contributed by atoms with Gasteiger partial charge in [0, 0.05) is 44.8 Å². The molecule has 2 aliphatic rings. The van der Waals surface area contributed by atoms with Crippen molar-refractivity contribution >= 4 is 17.3 Å². The topological polar surface area (TPSA) is 69.9 Å². The number of carbonyl (C=O) groups is 1. The highest BCUT2D eigenvalue weighted by Gasteiger charge is 2.32. The van der Waals surface area contributed by atoms with Crippen LogP contribution in [-0.2, 0) is 11.3 Å². The number of nitrogens with zero attached hydrogens (tertiary/aromatic N) is 4. The molecular weight excluding hydrogens is 368 g/mol. The summed E-state index contributed by atoms with van der Waals surface area (Å²) >= 11 is 0. The van der Waals surface area contributed by atoms with E-state index in [0.29, 0.717) is 44.5 Å². The summed E-state index contributed by atoms with van der Waals surface area (Å²) in [6.07, 6.45) is 2.32. The first-order chi connectivity index (χ1) is 14.1. The summed E-state index contributed by atoms with van der Waals surface area (Å²) in [6, 6.07) is 17.6. The Labute approximate surface area is 170 Å². The molecule has 1 heterocycles. The molecule has 1 aliphatic heterocycles. The second-order valence-electron chi connectivity index (χ2n) is 7.74. The van der Waals surface area contributed by atoms with Crippen molar-refractivity contribution in [2.75, 3.05) is 37.6 Å². The molecule has 1 amide bonds. The molecule has 0 spiro atoms. The van der Waals surface area contributed by atoms with E-state index in [4.69, 9.17) is 0 Å². The Balaban J connectivity index is 1.34. The van der Waals surface area contributed by atoms with Crippen molar-refractivity contribution in [2.24, 2.45) is 0 Å². The van der Waals surface area contributed by atoms with Gasteiger partial charge in [-0.1, -0.05) is 42.5 Å². The molecule has 152 valence electrons. The molecule has 0 N–H and O–H groups in total. The number of amides is 1. The minimum atomic E-state index is -0.343. The lowest BCUT2D eigenvalue weighted by Crippen LogP contribution is -2.51. The molecule has 1 saturated carbocycles. The number of benzene rings is 2. The van der Waals surface area contributed by atoms with Gasteiger partial charge in [0.25, 0.3) is 5.69 Å². The Bertz CT molecular complexity index is 861. The van der Waals surface area contributed by atoms with Gasteiger partial charge in [-0.25, -0.2) is 0 Å². The van der Waals surface area contributed by atoms with Crippen molar-refractivity contribution in [3.05, 3.63) is 70.3 Å². The van der Waals surface area contributed by atoms with Crippen molar-refractivity contribution in [1.29, 1.82) is 0 Å². The number of carbonyl (C=O) groups excluding carboxylic acids is 1. The monoisotopic (exact) mass is 394 g/mol. The summed E-state index contributed by atoms with van der Waals surface area (Å²) in [5.74, 6) is 0.148. The van der Waals surface area contributed by atoms with Crippen LogP contribution < -0.4 is 4.90 Å². The van der Waals surface area contributed by atoms with Crippen LogP contribution in [-0.4, -0.2) is 59.4 Å². The molecule has 2 aromatic carbocycles. The Hall–Kier alpha value is -2.93. The number of nitro groups is 1. The molecule has 2 fully saturated rings. The van der Waals surface area contributed by atoms with Gasteiger partial charge < -0.3 is 9.80 Å². The van der Waals surface area contributed by atoms with Gasteiger partial charge in [0.2, 0.25) is 5.91 Å². The lowest BCUT2D eigenvalue weighted by Gasteiger charge is -2.36. The molecule has 0 atom stereocenters. The Morgan fingerprint density at radius 2 is 1.66 bits per heavy atom. The van der Waals surface area contributed by atoms with Crippen molar-refractivity contribution in [3.8, 4) is 0 Å². The maximum absolute atomic E-state index is 12.9. The van der Waals surface area contributed by atoms with Crippen LogP contribution in [0.4, 0.5) is 11.4 Å². The third-order valence-corrected chi connectivity index (χ3v) is 5.68. The highest BCUT2D eigenvalue weighted by atomic mass is 16.6. The molecule has 7 heteroatoms. The summed E-state index contributed by atoms with van der Waals surface area (Å²) in [4.78, 5) is 30.0. The van der Waals surface area contributed by atoms with Crippen molar-refractivity contribution in [1.82, 2.24) is 9.80 Å². The van der Waals surface area contributed by atoms with Crippen LogP contribution in [0, 0.1) is 10.1 Å². The van der Waals surface area contributed by atoms with E-state index in [1.807, 2.05) is 34.1 Å². The number of anilines is 1. The number of hydrogen-bond acceptors (Lipinski definition) is 5. The highest BCUT2D eigenvalue weighted by molar-refractivity contribution is 5.79. The normalized spacial score (nSPS) is 16.9. The Kier molecular flexibility index (Phi) is 5.76. The zero-order chi connectivity index (χ0) is 20.2. The minimum Gasteiger partial charge on any atom is -0.362 e. The molecule has 0 unspecified atom stereocenters. The van der Waals surface area contributed by atoms with E-state index < -0.39 is 0 Å². The molecule has 0 bridgehead atoms. The largest absolute Gasteiger partial charge is 0.362 e. The van der Waals surface area contributed by atoms with Gasteiger partial charge >= 0.3 is 0 Å². The third-order valence-electron chi connectivity index (χ3n) is 5.68. The van der Waals surface area contributed by atoms with Crippen LogP contribution >= 0.6 is 0 Å². The van der Waals surface area contributed by atoms with E-state index in [0.717, 1.165) is 19.4 Å². The smallest absolute Gasteiger partial charge is 0.292 e. The second kappa shape index (κ2) is 8.61. The molecular formula is C22H26N4O3. The first kappa shape index (κ1) is 19.4. The Morgan fingerprint density at radius 1 is 1.00 bits per heavy atom. The number of nitro benzene ring substituents is 1. The van der Waals surface area contributed by atoms with Gasteiger partial charge in [-0.2, -0.15) is 0 Å². The van der Waals surface area contributed by atoms with Gasteiger partial charge in [0.05, 0.1) is 11.5 Å². The van der Waals surface area contributed by atoms with Crippen LogP contribution in [0.3, 0.4) is 0 Å². The van der Waals surface area contributed by atoms with Gasteiger partial charge in [-0.05, 0) is 24.5 Å². The number of hydrogen-bond donors (Lipinski definition) is 0.